The highest BCUT2D eigenvalue weighted by Crippen LogP contribution is 2.40. The number of thiazole rings is 1. The number of carbonyl (C=O) groups excluding carboxylic acids is 1. The van der Waals surface area contributed by atoms with E-state index in [-0.39, 0.29) is 11.4 Å². The molecule has 1 aromatic rings. The zero-order valence-corrected chi connectivity index (χ0v) is 11.7. The molecule has 5 heteroatoms. The Morgan fingerprint density at radius 3 is 2.83 bits per heavy atom. The normalized spacial score (nSPS) is 17.9. The molecule has 0 aromatic carbocycles. The van der Waals surface area contributed by atoms with Gasteiger partial charge in [0.2, 0.25) is 5.91 Å². The van der Waals surface area contributed by atoms with Crippen molar-refractivity contribution in [3.63, 3.8) is 0 Å². The summed E-state index contributed by atoms with van der Waals surface area (Å²) >= 11 is 1.66. The SMILES string of the molecule is Cc1csc(C2(NC(=O)CCCN)CCCC2)n1. The molecule has 18 heavy (non-hydrogen) atoms. The molecule has 3 N–H and O–H groups in total. The van der Waals surface area contributed by atoms with Gasteiger partial charge in [0, 0.05) is 17.5 Å². The average molecular weight is 267 g/mol. The third-order valence-corrected chi connectivity index (χ3v) is 4.64. The van der Waals surface area contributed by atoms with Gasteiger partial charge in [0.15, 0.2) is 0 Å². The zero-order valence-electron chi connectivity index (χ0n) is 10.9. The molecule has 0 spiro atoms. The molecule has 0 radical (unpaired) electrons. The minimum atomic E-state index is -0.204. The topological polar surface area (TPSA) is 68.0 Å². The molecule has 100 valence electrons. The lowest BCUT2D eigenvalue weighted by molar-refractivity contribution is -0.123. The molecule has 1 amide bonds. The standard InChI is InChI=1S/C13H21N3OS/c1-10-9-18-12(15-10)13(6-2-3-7-13)16-11(17)5-4-8-14/h9H,2-8,14H2,1H3,(H,16,17). The van der Waals surface area contributed by atoms with Crippen LogP contribution in [0.2, 0.25) is 0 Å². The molecule has 0 saturated heterocycles. The second-order valence-electron chi connectivity index (χ2n) is 5.02. The predicted octanol–water partition coefficient (Wildman–Crippen LogP) is 2.08. The third-order valence-electron chi connectivity index (χ3n) is 3.47. The molecule has 2 rings (SSSR count). The predicted molar refractivity (Wildman–Crippen MR) is 73.4 cm³/mol. The van der Waals surface area contributed by atoms with Crippen LogP contribution in [0.5, 0.6) is 0 Å². The largest absolute Gasteiger partial charge is 0.344 e. The van der Waals surface area contributed by atoms with Crippen LogP contribution in [0, 0.1) is 6.92 Å². The summed E-state index contributed by atoms with van der Waals surface area (Å²) in [4.78, 5) is 16.5. The van der Waals surface area contributed by atoms with E-state index in [0.29, 0.717) is 13.0 Å². The number of aryl methyl sites for hydroxylation is 1. The third kappa shape index (κ3) is 2.90. The summed E-state index contributed by atoms with van der Waals surface area (Å²) < 4.78 is 0. The number of nitrogens with zero attached hydrogens (tertiary/aromatic N) is 1. The maximum atomic E-state index is 12.0. The quantitative estimate of drug-likeness (QED) is 0.858. The molecule has 1 aliphatic carbocycles. The number of hydrogen-bond donors (Lipinski definition) is 2. The van der Waals surface area contributed by atoms with E-state index in [0.717, 1.165) is 42.8 Å². The molecule has 0 aliphatic heterocycles. The van der Waals surface area contributed by atoms with Crippen LogP contribution < -0.4 is 11.1 Å². The molecule has 0 bridgehead atoms. The second-order valence-corrected chi connectivity index (χ2v) is 5.88. The van der Waals surface area contributed by atoms with Crippen molar-refractivity contribution in [3.8, 4) is 0 Å². The average Bonchev–Trinajstić information content (AvgIpc) is 2.96. The van der Waals surface area contributed by atoms with Crippen LogP contribution in [0.1, 0.15) is 49.2 Å². The van der Waals surface area contributed by atoms with E-state index in [1.807, 2.05) is 6.92 Å². The number of rotatable bonds is 5. The zero-order chi connectivity index (χ0) is 13.0. The van der Waals surface area contributed by atoms with Gasteiger partial charge in [0.25, 0.3) is 0 Å². The molecule has 1 fully saturated rings. The molecule has 4 nitrogen and oxygen atoms in total. The molecule has 0 atom stereocenters. The summed E-state index contributed by atoms with van der Waals surface area (Å²) in [6.45, 7) is 2.57. The van der Waals surface area contributed by atoms with Crippen molar-refractivity contribution >= 4 is 17.2 Å². The Hall–Kier alpha value is -0.940. The molecule has 1 aromatic heterocycles. The highest BCUT2D eigenvalue weighted by Gasteiger charge is 2.39. The lowest BCUT2D eigenvalue weighted by Crippen LogP contribution is -2.43. The van der Waals surface area contributed by atoms with E-state index >= 15 is 0 Å². The second kappa shape index (κ2) is 5.80. The fourth-order valence-electron chi connectivity index (χ4n) is 2.54. The first-order chi connectivity index (χ1) is 8.66. The molecule has 1 saturated carbocycles. The Labute approximate surface area is 112 Å². The van der Waals surface area contributed by atoms with Gasteiger partial charge in [0.1, 0.15) is 5.01 Å². The van der Waals surface area contributed by atoms with Crippen molar-refractivity contribution in [1.29, 1.82) is 0 Å². The van der Waals surface area contributed by atoms with E-state index in [1.54, 1.807) is 11.3 Å². The lowest BCUT2D eigenvalue weighted by atomic mass is 9.98. The molecular formula is C13H21N3OS. The number of carbonyl (C=O) groups is 1. The van der Waals surface area contributed by atoms with Crippen molar-refractivity contribution in [1.82, 2.24) is 10.3 Å². The van der Waals surface area contributed by atoms with Gasteiger partial charge in [0.05, 0.1) is 5.54 Å². The van der Waals surface area contributed by atoms with E-state index in [1.165, 1.54) is 0 Å². The van der Waals surface area contributed by atoms with Crippen LogP contribution in [0.4, 0.5) is 0 Å². The first kappa shape index (κ1) is 13.5. The Bertz CT molecular complexity index is 410. The van der Waals surface area contributed by atoms with Gasteiger partial charge in [-0.15, -0.1) is 11.3 Å². The maximum Gasteiger partial charge on any atom is 0.220 e. The van der Waals surface area contributed by atoms with Crippen LogP contribution >= 0.6 is 11.3 Å². The smallest absolute Gasteiger partial charge is 0.220 e. The minimum absolute atomic E-state index is 0.107. The van der Waals surface area contributed by atoms with Crippen molar-refractivity contribution in [2.75, 3.05) is 6.54 Å². The van der Waals surface area contributed by atoms with Gasteiger partial charge in [-0.1, -0.05) is 12.8 Å². The van der Waals surface area contributed by atoms with Crippen molar-refractivity contribution in [2.45, 2.75) is 51.0 Å². The molecular weight excluding hydrogens is 246 g/mol. The number of nitrogens with one attached hydrogen (secondary N) is 1. The number of nitrogens with two attached hydrogens (primary N) is 1. The Balaban J connectivity index is 2.10. The Morgan fingerprint density at radius 1 is 1.56 bits per heavy atom. The fourth-order valence-corrected chi connectivity index (χ4v) is 3.55. The summed E-state index contributed by atoms with van der Waals surface area (Å²) in [5.41, 5.74) is 6.28. The van der Waals surface area contributed by atoms with Crippen molar-refractivity contribution < 1.29 is 4.79 Å². The van der Waals surface area contributed by atoms with Crippen LogP contribution in [0.3, 0.4) is 0 Å². The van der Waals surface area contributed by atoms with Gasteiger partial charge < -0.3 is 11.1 Å². The molecule has 1 heterocycles. The summed E-state index contributed by atoms with van der Waals surface area (Å²) in [6.07, 6.45) is 5.61. The fraction of sp³-hybridized carbons (Fsp3) is 0.692. The van der Waals surface area contributed by atoms with Crippen molar-refractivity contribution in [2.24, 2.45) is 5.73 Å². The van der Waals surface area contributed by atoms with Crippen LogP contribution in [0.15, 0.2) is 5.38 Å². The molecule has 0 unspecified atom stereocenters. The maximum absolute atomic E-state index is 12.0. The van der Waals surface area contributed by atoms with E-state index in [4.69, 9.17) is 5.73 Å². The number of aromatic nitrogens is 1. The Morgan fingerprint density at radius 2 is 2.28 bits per heavy atom. The first-order valence-corrected chi connectivity index (χ1v) is 7.48. The highest BCUT2D eigenvalue weighted by molar-refractivity contribution is 7.09. The highest BCUT2D eigenvalue weighted by atomic mass is 32.1. The molecule has 1 aliphatic rings. The van der Waals surface area contributed by atoms with Crippen LogP contribution in [-0.4, -0.2) is 17.4 Å². The van der Waals surface area contributed by atoms with Crippen molar-refractivity contribution in [3.05, 3.63) is 16.1 Å². The number of hydrogen-bond acceptors (Lipinski definition) is 4. The van der Waals surface area contributed by atoms with Gasteiger partial charge in [-0.2, -0.15) is 0 Å². The van der Waals surface area contributed by atoms with Crippen LogP contribution in [-0.2, 0) is 10.3 Å². The lowest BCUT2D eigenvalue weighted by Gasteiger charge is -2.28. The number of amides is 1. The van der Waals surface area contributed by atoms with Gasteiger partial charge in [-0.3, -0.25) is 4.79 Å². The van der Waals surface area contributed by atoms with Gasteiger partial charge in [-0.25, -0.2) is 4.98 Å². The summed E-state index contributed by atoms with van der Waals surface area (Å²) in [7, 11) is 0. The van der Waals surface area contributed by atoms with Crippen LogP contribution in [0.25, 0.3) is 0 Å². The van der Waals surface area contributed by atoms with E-state index < -0.39 is 0 Å². The summed E-state index contributed by atoms with van der Waals surface area (Å²) in [6, 6.07) is 0. The summed E-state index contributed by atoms with van der Waals surface area (Å²) in [5, 5.41) is 6.34. The van der Waals surface area contributed by atoms with Gasteiger partial charge >= 0.3 is 0 Å². The summed E-state index contributed by atoms with van der Waals surface area (Å²) in [5.74, 6) is 0.107. The van der Waals surface area contributed by atoms with Gasteiger partial charge in [-0.05, 0) is 32.7 Å². The van der Waals surface area contributed by atoms with E-state index in [2.05, 4.69) is 15.7 Å². The van der Waals surface area contributed by atoms with E-state index in [9.17, 15) is 4.79 Å². The first-order valence-electron chi connectivity index (χ1n) is 6.60. The monoisotopic (exact) mass is 267 g/mol. The Kier molecular flexibility index (Phi) is 4.35. The minimum Gasteiger partial charge on any atom is -0.344 e.